The molecule has 0 radical (unpaired) electrons. The van der Waals surface area contributed by atoms with Gasteiger partial charge in [0.05, 0.1) is 6.04 Å². The van der Waals surface area contributed by atoms with Crippen LogP contribution in [0.5, 0.6) is 0 Å². The molecule has 2 atom stereocenters. The largest absolute Gasteiger partial charge is 0.343 e. The second-order valence-corrected chi connectivity index (χ2v) is 4.31. The van der Waals surface area contributed by atoms with Gasteiger partial charge in [-0.25, -0.2) is 0 Å². The van der Waals surface area contributed by atoms with E-state index in [4.69, 9.17) is 5.73 Å². The highest BCUT2D eigenvalue weighted by Gasteiger charge is 2.21. The molecule has 0 aromatic heterocycles. The number of carbonyl (C=O) groups is 2. The van der Waals surface area contributed by atoms with Gasteiger partial charge in [0, 0.05) is 11.5 Å². The molecule has 14 heavy (non-hydrogen) atoms. The molecular formula is C6H12N2O2S4. The summed E-state index contributed by atoms with van der Waals surface area (Å²) in [4.78, 5) is 22.4. The van der Waals surface area contributed by atoms with Crippen LogP contribution in [0.15, 0.2) is 0 Å². The summed E-state index contributed by atoms with van der Waals surface area (Å²) in [6.07, 6.45) is 0. The molecule has 0 aromatic carbocycles. The minimum absolute atomic E-state index is 0.220. The van der Waals surface area contributed by atoms with Crippen molar-refractivity contribution in [1.29, 1.82) is 0 Å². The van der Waals surface area contributed by atoms with Crippen molar-refractivity contribution in [1.82, 2.24) is 5.32 Å². The maximum atomic E-state index is 11.3. The quantitative estimate of drug-likeness (QED) is 0.354. The van der Waals surface area contributed by atoms with E-state index in [1.165, 1.54) is 0 Å². The topological polar surface area (TPSA) is 72.2 Å². The lowest BCUT2D eigenvalue weighted by Gasteiger charge is -2.16. The summed E-state index contributed by atoms with van der Waals surface area (Å²) in [5.41, 5.74) is 5.41. The summed E-state index contributed by atoms with van der Waals surface area (Å²) < 4.78 is 0. The molecule has 0 unspecified atom stereocenters. The fraction of sp³-hybridized carbons (Fsp3) is 0.667. The molecule has 4 nitrogen and oxygen atoms in total. The van der Waals surface area contributed by atoms with Crippen LogP contribution < -0.4 is 11.1 Å². The third-order valence-electron chi connectivity index (χ3n) is 1.41. The van der Waals surface area contributed by atoms with Crippen LogP contribution in [0, 0.1) is 0 Å². The van der Waals surface area contributed by atoms with Gasteiger partial charge in [0.1, 0.15) is 6.04 Å². The first-order valence-electron chi connectivity index (χ1n) is 3.69. The van der Waals surface area contributed by atoms with Gasteiger partial charge in [-0.05, 0) is 10.8 Å². The Balaban J connectivity index is 4.18. The van der Waals surface area contributed by atoms with E-state index < -0.39 is 18.0 Å². The van der Waals surface area contributed by atoms with Crippen molar-refractivity contribution >= 4 is 58.7 Å². The van der Waals surface area contributed by atoms with E-state index in [1.54, 1.807) is 0 Å². The predicted molar refractivity (Wildman–Crippen MR) is 69.2 cm³/mol. The van der Waals surface area contributed by atoms with Crippen LogP contribution in [-0.2, 0) is 9.59 Å². The Kier molecular flexibility index (Phi) is 8.02. The Morgan fingerprint density at radius 1 is 1.36 bits per heavy atom. The van der Waals surface area contributed by atoms with Gasteiger partial charge < -0.3 is 11.1 Å². The van der Waals surface area contributed by atoms with E-state index in [0.29, 0.717) is 0 Å². The molecule has 3 N–H and O–H groups in total. The summed E-state index contributed by atoms with van der Waals surface area (Å²) in [6.45, 7) is 0. The van der Waals surface area contributed by atoms with Gasteiger partial charge in [0.2, 0.25) is 11.0 Å². The second-order valence-electron chi connectivity index (χ2n) is 2.44. The van der Waals surface area contributed by atoms with Gasteiger partial charge in [-0.2, -0.15) is 25.3 Å². The number of hydrogen-bond acceptors (Lipinski definition) is 7. The minimum Gasteiger partial charge on any atom is -0.343 e. The lowest BCUT2D eigenvalue weighted by molar-refractivity contribution is -0.124. The number of nitrogens with one attached hydrogen (secondary N) is 1. The molecular weight excluding hydrogens is 260 g/mol. The van der Waals surface area contributed by atoms with Crippen LogP contribution in [0.4, 0.5) is 0 Å². The Bertz CT molecular complexity index is 214. The van der Waals surface area contributed by atoms with Gasteiger partial charge >= 0.3 is 0 Å². The van der Waals surface area contributed by atoms with E-state index >= 15 is 0 Å². The third kappa shape index (κ3) is 4.83. The molecule has 1 amide bonds. The summed E-state index contributed by atoms with van der Waals surface area (Å²) in [5, 5.41) is 2.20. The summed E-state index contributed by atoms with van der Waals surface area (Å²) >= 11 is 11.6. The number of carbonyl (C=O) groups excluding carboxylic acids is 2. The first-order chi connectivity index (χ1) is 6.56. The lowest BCUT2D eigenvalue weighted by atomic mass is 10.3. The minimum atomic E-state index is -0.710. The Labute approximate surface area is 103 Å². The normalized spacial score (nSPS) is 14.6. The van der Waals surface area contributed by atoms with Crippen molar-refractivity contribution in [3.05, 3.63) is 0 Å². The Morgan fingerprint density at radius 2 is 1.93 bits per heavy atom. The zero-order chi connectivity index (χ0) is 11.1. The zero-order valence-corrected chi connectivity index (χ0v) is 10.7. The number of amides is 1. The van der Waals surface area contributed by atoms with Gasteiger partial charge in [-0.1, -0.05) is 0 Å². The van der Waals surface area contributed by atoms with Crippen LogP contribution in [0.3, 0.4) is 0 Å². The van der Waals surface area contributed by atoms with Crippen molar-refractivity contribution in [3.8, 4) is 0 Å². The van der Waals surface area contributed by atoms with E-state index in [2.05, 4.69) is 42.2 Å². The van der Waals surface area contributed by atoms with Gasteiger partial charge in [0.15, 0.2) is 0 Å². The summed E-state index contributed by atoms with van der Waals surface area (Å²) in [7, 11) is 0.751. The maximum absolute atomic E-state index is 11.3. The van der Waals surface area contributed by atoms with Gasteiger partial charge in [-0.15, -0.1) is 11.7 Å². The highest BCUT2D eigenvalue weighted by atomic mass is 33.1. The number of hydrogen-bond donors (Lipinski definition) is 5. The highest BCUT2D eigenvalue weighted by molar-refractivity contribution is 8.74. The van der Waals surface area contributed by atoms with Crippen LogP contribution in [0.2, 0.25) is 0 Å². The molecule has 0 bridgehead atoms. The number of rotatable bonds is 5. The zero-order valence-electron chi connectivity index (χ0n) is 7.21. The maximum Gasteiger partial charge on any atom is 0.238 e. The van der Waals surface area contributed by atoms with Gasteiger partial charge in [-0.3, -0.25) is 9.59 Å². The van der Waals surface area contributed by atoms with Crippen molar-refractivity contribution in [2.75, 3.05) is 11.5 Å². The molecule has 0 aromatic rings. The van der Waals surface area contributed by atoms with E-state index in [9.17, 15) is 9.59 Å². The monoisotopic (exact) mass is 272 g/mol. The standard InChI is InChI=1S/C6H12N2O2S4/c7-3(1-11)5(9)8-4(2-12)6(10)14-13/h3-4,11-13H,1-2,7H2,(H,8,9)/t3-,4-/m0/s1. The van der Waals surface area contributed by atoms with Crippen molar-refractivity contribution in [3.63, 3.8) is 0 Å². The third-order valence-corrected chi connectivity index (χ3v) is 3.17. The first kappa shape index (κ1) is 14.5. The number of nitrogens with two attached hydrogens (primary N) is 1. The molecule has 0 saturated heterocycles. The Morgan fingerprint density at radius 3 is 2.29 bits per heavy atom. The summed E-state index contributed by atoms with van der Waals surface area (Å²) in [5.74, 6) is 0.0416. The fourth-order valence-electron chi connectivity index (χ4n) is 0.604. The molecule has 8 heteroatoms. The smallest absolute Gasteiger partial charge is 0.238 e. The SMILES string of the molecule is N[C@@H](CS)C(=O)N[C@@H](CS)C(=O)SS. The number of thiol groups is 3. The Hall–Kier alpha value is 0.500. The van der Waals surface area contributed by atoms with Crippen LogP contribution in [0.1, 0.15) is 0 Å². The highest BCUT2D eigenvalue weighted by Crippen LogP contribution is 2.10. The molecule has 0 rings (SSSR count). The molecule has 0 aliphatic rings. The van der Waals surface area contributed by atoms with E-state index in [-0.39, 0.29) is 16.6 Å². The van der Waals surface area contributed by atoms with E-state index in [0.717, 1.165) is 10.8 Å². The fourth-order valence-corrected chi connectivity index (χ4v) is 1.80. The molecule has 0 aliphatic heterocycles. The van der Waals surface area contributed by atoms with Crippen molar-refractivity contribution in [2.45, 2.75) is 12.1 Å². The van der Waals surface area contributed by atoms with Gasteiger partial charge in [0.25, 0.3) is 0 Å². The molecule has 0 fully saturated rings. The first-order valence-corrected chi connectivity index (χ1v) is 6.83. The molecule has 0 heterocycles. The molecule has 0 spiro atoms. The van der Waals surface area contributed by atoms with Crippen LogP contribution >= 0.6 is 47.7 Å². The van der Waals surface area contributed by atoms with Crippen LogP contribution in [0.25, 0.3) is 0 Å². The predicted octanol–water partition coefficient (Wildman–Crippen LogP) is -0.237. The van der Waals surface area contributed by atoms with Crippen LogP contribution in [-0.4, -0.2) is 34.6 Å². The van der Waals surface area contributed by atoms with E-state index in [1.807, 2.05) is 0 Å². The average molecular weight is 272 g/mol. The summed E-state index contributed by atoms with van der Waals surface area (Å²) in [6, 6.07) is -1.36. The lowest BCUT2D eigenvalue weighted by Crippen LogP contribution is -2.49. The molecule has 0 aliphatic carbocycles. The molecule has 0 saturated carbocycles. The van der Waals surface area contributed by atoms with Crippen molar-refractivity contribution in [2.24, 2.45) is 5.73 Å². The average Bonchev–Trinajstić information content (AvgIpc) is 2.22. The van der Waals surface area contributed by atoms with Crippen molar-refractivity contribution < 1.29 is 9.59 Å². The second kappa shape index (κ2) is 7.75. The molecule has 82 valence electrons.